The van der Waals surface area contributed by atoms with E-state index >= 15 is 0 Å². The van der Waals surface area contributed by atoms with E-state index in [1.165, 1.54) is 0 Å². The summed E-state index contributed by atoms with van der Waals surface area (Å²) in [6.45, 7) is 7.20. The molecule has 1 N–H and O–H groups in total. The second kappa shape index (κ2) is 4.96. The van der Waals surface area contributed by atoms with E-state index in [2.05, 4.69) is 25.9 Å². The van der Waals surface area contributed by atoms with E-state index in [9.17, 15) is 0 Å². The van der Waals surface area contributed by atoms with Crippen molar-refractivity contribution in [1.29, 1.82) is 0 Å². The molecule has 0 bridgehead atoms. The zero-order valence-electron chi connectivity index (χ0n) is 9.07. The molecule has 1 rings (SSSR count). The van der Waals surface area contributed by atoms with Crippen LogP contribution < -0.4 is 0 Å². The number of aliphatic hydroxyl groups excluding tert-OH is 1. The van der Waals surface area contributed by atoms with Gasteiger partial charge in [0, 0.05) is 18.3 Å². The quantitative estimate of drug-likeness (QED) is 0.795. The lowest BCUT2D eigenvalue weighted by Crippen LogP contribution is -1.98. The predicted molar refractivity (Wildman–Crippen MR) is 57.8 cm³/mol. The minimum atomic E-state index is 0.120. The van der Waals surface area contributed by atoms with Gasteiger partial charge >= 0.3 is 0 Å². The molecule has 0 aliphatic rings. The Bertz CT molecular complexity index is 313. The minimum Gasteiger partial charge on any atom is -0.392 e. The lowest BCUT2D eigenvalue weighted by Gasteiger charge is -2.06. The first-order valence-corrected chi connectivity index (χ1v) is 5.01. The van der Waals surface area contributed by atoms with E-state index in [4.69, 9.17) is 5.11 Å². The Morgan fingerprint density at radius 3 is 2.79 bits per heavy atom. The number of rotatable bonds is 4. The van der Waals surface area contributed by atoms with Crippen LogP contribution in [0.15, 0.2) is 18.0 Å². The Hall–Kier alpha value is -1.09. The van der Waals surface area contributed by atoms with Crippen molar-refractivity contribution in [1.82, 2.24) is 9.78 Å². The van der Waals surface area contributed by atoms with Crippen molar-refractivity contribution in [3.8, 4) is 0 Å². The first-order valence-electron chi connectivity index (χ1n) is 5.01. The van der Waals surface area contributed by atoms with Gasteiger partial charge in [0.15, 0.2) is 0 Å². The van der Waals surface area contributed by atoms with Gasteiger partial charge in [-0.25, -0.2) is 0 Å². The van der Waals surface area contributed by atoms with E-state index in [1.807, 2.05) is 23.2 Å². The van der Waals surface area contributed by atoms with Crippen molar-refractivity contribution in [2.45, 2.75) is 27.3 Å². The average molecular weight is 194 g/mol. The number of nitrogens with zero attached hydrogens (tertiary/aromatic N) is 2. The molecule has 1 heterocycles. The smallest absolute Gasteiger partial charge is 0.0647 e. The summed E-state index contributed by atoms with van der Waals surface area (Å²) in [5.74, 6) is 0.380. The van der Waals surface area contributed by atoms with Gasteiger partial charge in [-0.05, 0) is 18.4 Å². The molecule has 1 aromatic rings. The summed E-state index contributed by atoms with van der Waals surface area (Å²) in [6.07, 6.45) is 5.81. The summed E-state index contributed by atoms with van der Waals surface area (Å²) in [6, 6.07) is 0. The van der Waals surface area contributed by atoms with Gasteiger partial charge in [-0.2, -0.15) is 5.10 Å². The summed E-state index contributed by atoms with van der Waals surface area (Å²) in [5.41, 5.74) is 2.10. The van der Waals surface area contributed by atoms with Gasteiger partial charge in [-0.1, -0.05) is 19.9 Å². The van der Waals surface area contributed by atoms with Crippen LogP contribution >= 0.6 is 0 Å². The normalized spacial score (nSPS) is 12.5. The van der Waals surface area contributed by atoms with E-state index in [0.29, 0.717) is 5.92 Å². The molecule has 0 atom stereocenters. The highest BCUT2D eigenvalue weighted by molar-refractivity contribution is 5.51. The third-order valence-corrected chi connectivity index (χ3v) is 2.25. The van der Waals surface area contributed by atoms with Crippen LogP contribution in [0.4, 0.5) is 0 Å². The Morgan fingerprint density at radius 2 is 2.36 bits per heavy atom. The molecule has 0 aliphatic carbocycles. The van der Waals surface area contributed by atoms with Crippen molar-refractivity contribution < 1.29 is 5.11 Å². The number of hydrogen-bond donors (Lipinski definition) is 1. The van der Waals surface area contributed by atoms with Gasteiger partial charge in [0.2, 0.25) is 0 Å². The molecule has 0 saturated heterocycles. The first-order chi connectivity index (χ1) is 6.67. The molecule has 0 spiro atoms. The van der Waals surface area contributed by atoms with Crippen LogP contribution in [0.5, 0.6) is 0 Å². The summed E-state index contributed by atoms with van der Waals surface area (Å²) in [4.78, 5) is 0. The van der Waals surface area contributed by atoms with Crippen molar-refractivity contribution in [2.75, 3.05) is 6.61 Å². The van der Waals surface area contributed by atoms with Gasteiger partial charge < -0.3 is 5.11 Å². The standard InChI is InChI=1S/C11H18N2O/c1-4-13-7-10(6-12-13)5-11(8-14)9(2)3/h5-7,9,14H,4,8H2,1-3H3/b11-5-. The van der Waals surface area contributed by atoms with Gasteiger partial charge in [-0.15, -0.1) is 0 Å². The van der Waals surface area contributed by atoms with E-state index in [1.54, 1.807) is 0 Å². The summed E-state index contributed by atoms with van der Waals surface area (Å²) in [5, 5.41) is 13.3. The van der Waals surface area contributed by atoms with E-state index in [-0.39, 0.29) is 6.61 Å². The van der Waals surface area contributed by atoms with Crippen LogP contribution in [0, 0.1) is 5.92 Å². The highest BCUT2D eigenvalue weighted by Crippen LogP contribution is 2.13. The van der Waals surface area contributed by atoms with Crippen LogP contribution in [-0.2, 0) is 6.54 Å². The third kappa shape index (κ3) is 2.70. The van der Waals surface area contributed by atoms with Gasteiger partial charge in [0.25, 0.3) is 0 Å². The second-order valence-corrected chi connectivity index (χ2v) is 3.66. The van der Waals surface area contributed by atoms with Crippen molar-refractivity contribution in [3.05, 3.63) is 23.5 Å². The first kappa shape index (κ1) is 11.0. The number of hydrogen-bond acceptors (Lipinski definition) is 2. The maximum absolute atomic E-state index is 9.13. The minimum absolute atomic E-state index is 0.120. The fourth-order valence-corrected chi connectivity index (χ4v) is 1.24. The van der Waals surface area contributed by atoms with Crippen LogP contribution in [0.25, 0.3) is 6.08 Å². The maximum atomic E-state index is 9.13. The fourth-order valence-electron chi connectivity index (χ4n) is 1.24. The molecule has 78 valence electrons. The second-order valence-electron chi connectivity index (χ2n) is 3.66. The largest absolute Gasteiger partial charge is 0.392 e. The zero-order chi connectivity index (χ0) is 10.6. The number of aryl methyl sites for hydroxylation is 1. The van der Waals surface area contributed by atoms with E-state index < -0.39 is 0 Å². The third-order valence-electron chi connectivity index (χ3n) is 2.25. The van der Waals surface area contributed by atoms with Crippen LogP contribution in [0.1, 0.15) is 26.3 Å². The Morgan fingerprint density at radius 1 is 1.64 bits per heavy atom. The van der Waals surface area contributed by atoms with Gasteiger partial charge in [0.05, 0.1) is 12.8 Å². The van der Waals surface area contributed by atoms with Crippen molar-refractivity contribution in [3.63, 3.8) is 0 Å². The molecule has 14 heavy (non-hydrogen) atoms. The average Bonchev–Trinajstić information content (AvgIpc) is 2.61. The van der Waals surface area contributed by atoms with E-state index in [0.717, 1.165) is 17.7 Å². The molecule has 0 unspecified atom stereocenters. The van der Waals surface area contributed by atoms with Crippen LogP contribution in [0.3, 0.4) is 0 Å². The molecule has 0 aromatic carbocycles. The molecular formula is C11H18N2O. The summed E-state index contributed by atoms with van der Waals surface area (Å²) < 4.78 is 1.88. The Labute approximate surface area is 85.1 Å². The Kier molecular flexibility index (Phi) is 3.89. The molecule has 3 nitrogen and oxygen atoms in total. The maximum Gasteiger partial charge on any atom is 0.0647 e. The zero-order valence-corrected chi connectivity index (χ0v) is 9.07. The molecule has 0 radical (unpaired) electrons. The van der Waals surface area contributed by atoms with Gasteiger partial charge in [0.1, 0.15) is 0 Å². The van der Waals surface area contributed by atoms with Crippen molar-refractivity contribution >= 4 is 6.08 Å². The number of aliphatic hydroxyl groups is 1. The highest BCUT2D eigenvalue weighted by atomic mass is 16.3. The highest BCUT2D eigenvalue weighted by Gasteiger charge is 2.02. The molecular weight excluding hydrogens is 176 g/mol. The summed E-state index contributed by atoms with van der Waals surface area (Å²) >= 11 is 0. The fraction of sp³-hybridized carbons (Fsp3) is 0.545. The SMILES string of the molecule is CCn1cc(/C=C(/CO)C(C)C)cn1. The van der Waals surface area contributed by atoms with Crippen LogP contribution in [0.2, 0.25) is 0 Å². The van der Waals surface area contributed by atoms with Crippen LogP contribution in [-0.4, -0.2) is 21.5 Å². The molecule has 0 aliphatic heterocycles. The molecule has 1 aromatic heterocycles. The topological polar surface area (TPSA) is 38.0 Å². The lowest BCUT2D eigenvalue weighted by atomic mass is 10.0. The number of aromatic nitrogens is 2. The molecule has 0 fully saturated rings. The lowest BCUT2D eigenvalue weighted by molar-refractivity contribution is 0.320. The predicted octanol–water partition coefficient (Wildman–Crippen LogP) is 1.93. The molecule has 0 saturated carbocycles. The summed E-state index contributed by atoms with van der Waals surface area (Å²) in [7, 11) is 0. The molecule has 3 heteroatoms. The van der Waals surface area contributed by atoms with Crippen molar-refractivity contribution in [2.24, 2.45) is 5.92 Å². The molecule has 0 amide bonds. The monoisotopic (exact) mass is 194 g/mol. The Balaban J connectivity index is 2.83. The van der Waals surface area contributed by atoms with Gasteiger partial charge in [-0.3, -0.25) is 4.68 Å².